The summed E-state index contributed by atoms with van der Waals surface area (Å²) in [5.74, 6) is 0. The second kappa shape index (κ2) is 6.32. The SMILES string of the molecule is Cc1cccc(C(N)CCN2CCOCC2C)c1. The highest BCUT2D eigenvalue weighted by Crippen LogP contribution is 2.17. The molecular weight excluding hydrogens is 224 g/mol. The van der Waals surface area contributed by atoms with Crippen LogP contribution >= 0.6 is 0 Å². The van der Waals surface area contributed by atoms with Crippen LogP contribution in [0, 0.1) is 6.92 Å². The van der Waals surface area contributed by atoms with Crippen LogP contribution in [0.2, 0.25) is 0 Å². The number of nitrogens with two attached hydrogens (primary N) is 1. The minimum absolute atomic E-state index is 0.139. The van der Waals surface area contributed by atoms with E-state index in [0.29, 0.717) is 6.04 Å². The lowest BCUT2D eigenvalue weighted by Gasteiger charge is -2.33. The summed E-state index contributed by atoms with van der Waals surface area (Å²) in [4.78, 5) is 2.47. The van der Waals surface area contributed by atoms with Crippen molar-refractivity contribution in [2.75, 3.05) is 26.3 Å². The molecule has 2 unspecified atom stereocenters. The molecule has 0 spiro atoms. The molecule has 18 heavy (non-hydrogen) atoms. The third-order valence-electron chi connectivity index (χ3n) is 3.70. The van der Waals surface area contributed by atoms with Crippen LogP contribution in [-0.4, -0.2) is 37.2 Å². The van der Waals surface area contributed by atoms with E-state index in [2.05, 4.69) is 43.0 Å². The van der Waals surface area contributed by atoms with Gasteiger partial charge in [0.25, 0.3) is 0 Å². The van der Waals surface area contributed by atoms with Crippen molar-refractivity contribution in [1.82, 2.24) is 4.90 Å². The quantitative estimate of drug-likeness (QED) is 0.887. The lowest BCUT2D eigenvalue weighted by atomic mass is 10.0. The number of aryl methyl sites for hydroxylation is 1. The molecule has 1 saturated heterocycles. The molecule has 3 heteroatoms. The monoisotopic (exact) mass is 248 g/mol. The summed E-state index contributed by atoms with van der Waals surface area (Å²) >= 11 is 0. The van der Waals surface area contributed by atoms with Crippen LogP contribution in [0.1, 0.15) is 30.5 Å². The van der Waals surface area contributed by atoms with Crippen LogP contribution in [0.5, 0.6) is 0 Å². The zero-order valence-corrected chi connectivity index (χ0v) is 11.4. The van der Waals surface area contributed by atoms with Crippen LogP contribution < -0.4 is 5.73 Å². The molecule has 0 bridgehead atoms. The average molecular weight is 248 g/mol. The average Bonchev–Trinajstić information content (AvgIpc) is 2.37. The molecule has 0 amide bonds. The van der Waals surface area contributed by atoms with Gasteiger partial charge in [-0.2, -0.15) is 0 Å². The van der Waals surface area contributed by atoms with Crippen molar-refractivity contribution in [2.24, 2.45) is 5.73 Å². The van der Waals surface area contributed by atoms with Gasteiger partial charge < -0.3 is 10.5 Å². The lowest BCUT2D eigenvalue weighted by molar-refractivity contribution is -0.00139. The van der Waals surface area contributed by atoms with E-state index in [1.165, 1.54) is 11.1 Å². The van der Waals surface area contributed by atoms with Crippen molar-refractivity contribution in [3.05, 3.63) is 35.4 Å². The molecule has 0 saturated carbocycles. The number of hydrogen-bond donors (Lipinski definition) is 1. The van der Waals surface area contributed by atoms with Crippen molar-refractivity contribution < 1.29 is 4.74 Å². The Balaban J connectivity index is 1.86. The number of ether oxygens (including phenoxy) is 1. The smallest absolute Gasteiger partial charge is 0.0619 e. The molecule has 100 valence electrons. The van der Waals surface area contributed by atoms with Gasteiger partial charge in [-0.15, -0.1) is 0 Å². The van der Waals surface area contributed by atoms with Crippen LogP contribution in [0.25, 0.3) is 0 Å². The molecule has 0 aliphatic carbocycles. The Morgan fingerprint density at radius 2 is 2.33 bits per heavy atom. The topological polar surface area (TPSA) is 38.5 Å². The molecule has 1 heterocycles. The zero-order chi connectivity index (χ0) is 13.0. The van der Waals surface area contributed by atoms with Crippen LogP contribution in [0.3, 0.4) is 0 Å². The second-order valence-corrected chi connectivity index (χ2v) is 5.27. The third kappa shape index (κ3) is 3.55. The third-order valence-corrected chi connectivity index (χ3v) is 3.70. The molecule has 1 aliphatic heterocycles. The molecule has 2 N–H and O–H groups in total. The maximum atomic E-state index is 6.27. The maximum absolute atomic E-state index is 6.27. The van der Waals surface area contributed by atoms with Crippen LogP contribution in [-0.2, 0) is 4.74 Å². The van der Waals surface area contributed by atoms with Gasteiger partial charge in [0.15, 0.2) is 0 Å². The number of hydrogen-bond acceptors (Lipinski definition) is 3. The fourth-order valence-electron chi connectivity index (χ4n) is 2.47. The zero-order valence-electron chi connectivity index (χ0n) is 11.4. The highest BCUT2D eigenvalue weighted by molar-refractivity contribution is 5.24. The highest BCUT2D eigenvalue weighted by atomic mass is 16.5. The van der Waals surface area contributed by atoms with Crippen molar-refractivity contribution in [2.45, 2.75) is 32.4 Å². The normalized spacial score (nSPS) is 22.9. The minimum Gasteiger partial charge on any atom is -0.379 e. The largest absolute Gasteiger partial charge is 0.379 e. The predicted octanol–water partition coefficient (Wildman–Crippen LogP) is 2.11. The number of morpholine rings is 1. The lowest BCUT2D eigenvalue weighted by Crippen LogP contribution is -2.44. The molecule has 1 fully saturated rings. The number of rotatable bonds is 4. The van der Waals surface area contributed by atoms with Gasteiger partial charge in [0, 0.05) is 25.2 Å². The summed E-state index contributed by atoms with van der Waals surface area (Å²) in [6.45, 7) is 8.11. The summed E-state index contributed by atoms with van der Waals surface area (Å²) in [6, 6.07) is 9.17. The Hall–Kier alpha value is -0.900. The first-order valence-corrected chi connectivity index (χ1v) is 6.81. The van der Waals surface area contributed by atoms with Gasteiger partial charge in [-0.3, -0.25) is 4.90 Å². The standard InChI is InChI=1S/C15H24N2O/c1-12-4-3-5-14(10-12)15(16)6-7-17-8-9-18-11-13(17)2/h3-5,10,13,15H,6-9,11,16H2,1-2H3. The molecule has 2 atom stereocenters. The second-order valence-electron chi connectivity index (χ2n) is 5.27. The predicted molar refractivity (Wildman–Crippen MR) is 74.6 cm³/mol. The van der Waals surface area contributed by atoms with Gasteiger partial charge >= 0.3 is 0 Å². The summed E-state index contributed by atoms with van der Waals surface area (Å²) in [7, 11) is 0. The van der Waals surface area contributed by atoms with Gasteiger partial charge in [0.05, 0.1) is 13.2 Å². The fourth-order valence-corrected chi connectivity index (χ4v) is 2.47. The first-order valence-electron chi connectivity index (χ1n) is 6.81. The summed E-state index contributed by atoms with van der Waals surface area (Å²) < 4.78 is 5.45. The Morgan fingerprint density at radius 1 is 1.50 bits per heavy atom. The molecular formula is C15H24N2O. The van der Waals surface area contributed by atoms with Crippen LogP contribution in [0.15, 0.2) is 24.3 Å². The Bertz CT molecular complexity index is 381. The van der Waals surface area contributed by atoms with E-state index in [1.54, 1.807) is 0 Å². The van der Waals surface area contributed by atoms with E-state index in [1.807, 2.05) is 0 Å². The van der Waals surface area contributed by atoms with E-state index < -0.39 is 0 Å². The minimum atomic E-state index is 0.139. The molecule has 2 rings (SSSR count). The first kappa shape index (κ1) is 13.5. The first-order chi connectivity index (χ1) is 8.66. The fraction of sp³-hybridized carbons (Fsp3) is 0.600. The van der Waals surface area contributed by atoms with E-state index in [-0.39, 0.29) is 6.04 Å². The molecule has 0 aromatic heterocycles. The molecule has 0 radical (unpaired) electrons. The Labute approximate surface area is 110 Å². The van der Waals surface area contributed by atoms with Crippen molar-refractivity contribution >= 4 is 0 Å². The summed E-state index contributed by atoms with van der Waals surface area (Å²) in [5, 5.41) is 0. The van der Waals surface area contributed by atoms with E-state index in [4.69, 9.17) is 10.5 Å². The maximum Gasteiger partial charge on any atom is 0.0619 e. The Morgan fingerprint density at radius 3 is 3.06 bits per heavy atom. The van der Waals surface area contributed by atoms with E-state index in [9.17, 15) is 0 Å². The van der Waals surface area contributed by atoms with Gasteiger partial charge in [-0.05, 0) is 25.8 Å². The number of benzene rings is 1. The van der Waals surface area contributed by atoms with Gasteiger partial charge in [0.1, 0.15) is 0 Å². The number of nitrogens with zero attached hydrogens (tertiary/aromatic N) is 1. The highest BCUT2D eigenvalue weighted by Gasteiger charge is 2.19. The molecule has 1 aromatic rings. The van der Waals surface area contributed by atoms with Gasteiger partial charge in [-0.25, -0.2) is 0 Å². The Kier molecular flexibility index (Phi) is 4.75. The van der Waals surface area contributed by atoms with Crippen molar-refractivity contribution in [3.63, 3.8) is 0 Å². The molecule has 1 aromatic carbocycles. The molecule has 3 nitrogen and oxygen atoms in total. The van der Waals surface area contributed by atoms with E-state index >= 15 is 0 Å². The van der Waals surface area contributed by atoms with E-state index in [0.717, 1.165) is 32.7 Å². The summed E-state index contributed by atoms with van der Waals surface area (Å²) in [5.41, 5.74) is 8.80. The van der Waals surface area contributed by atoms with Crippen molar-refractivity contribution in [1.29, 1.82) is 0 Å². The van der Waals surface area contributed by atoms with Gasteiger partial charge in [0.2, 0.25) is 0 Å². The van der Waals surface area contributed by atoms with Gasteiger partial charge in [-0.1, -0.05) is 29.8 Å². The molecule has 1 aliphatic rings. The van der Waals surface area contributed by atoms with Crippen LogP contribution in [0.4, 0.5) is 0 Å². The van der Waals surface area contributed by atoms with Crippen molar-refractivity contribution in [3.8, 4) is 0 Å². The summed E-state index contributed by atoms with van der Waals surface area (Å²) in [6.07, 6.45) is 1.01.